The highest BCUT2D eigenvalue weighted by atomic mass is 19.1. The summed E-state index contributed by atoms with van der Waals surface area (Å²) in [4.78, 5) is 21.4. The molecule has 2 fully saturated rings. The van der Waals surface area contributed by atoms with E-state index >= 15 is 0 Å². The zero-order valence-corrected chi connectivity index (χ0v) is 17.9. The molecule has 4 rings (SSSR count). The Morgan fingerprint density at radius 3 is 1.47 bits per heavy atom. The van der Waals surface area contributed by atoms with Crippen LogP contribution in [0.25, 0.3) is 0 Å². The number of benzene rings is 2. The summed E-state index contributed by atoms with van der Waals surface area (Å²) in [6.07, 6.45) is 1.26. The molecule has 0 spiro atoms. The standard InChI is InChI=1S/2C12H13FO3/c2*1-2-16-11-5-7(3-4-10(11)13)8-6-9(8)12(14)15/h2*3-5,8-9H,2,6H2,1H3,(H,14,15)/t2*8-,9+/m10/s1. The topological polar surface area (TPSA) is 93.1 Å². The van der Waals surface area contributed by atoms with Crippen molar-refractivity contribution in [3.05, 3.63) is 59.2 Å². The van der Waals surface area contributed by atoms with Crippen LogP contribution in [0.5, 0.6) is 11.5 Å². The van der Waals surface area contributed by atoms with Crippen LogP contribution in [0.15, 0.2) is 36.4 Å². The number of aliphatic carboxylic acids is 2. The van der Waals surface area contributed by atoms with Crippen LogP contribution in [-0.2, 0) is 9.59 Å². The molecule has 0 saturated heterocycles. The van der Waals surface area contributed by atoms with Gasteiger partial charge >= 0.3 is 11.9 Å². The number of hydrogen-bond donors (Lipinski definition) is 2. The third-order valence-corrected chi connectivity index (χ3v) is 5.58. The van der Waals surface area contributed by atoms with Gasteiger partial charge in [0.05, 0.1) is 25.0 Å². The first kappa shape index (κ1) is 23.5. The van der Waals surface area contributed by atoms with Gasteiger partial charge in [-0.15, -0.1) is 0 Å². The number of hydrogen-bond acceptors (Lipinski definition) is 4. The Bertz CT molecular complexity index is 913. The van der Waals surface area contributed by atoms with E-state index in [-0.39, 0.29) is 35.2 Å². The Kier molecular flexibility index (Phi) is 7.33. The van der Waals surface area contributed by atoms with Gasteiger partial charge in [0.25, 0.3) is 0 Å². The summed E-state index contributed by atoms with van der Waals surface area (Å²) in [6.45, 7) is 4.35. The molecule has 2 saturated carbocycles. The van der Waals surface area contributed by atoms with Crippen LogP contribution >= 0.6 is 0 Å². The van der Waals surface area contributed by atoms with Gasteiger partial charge in [-0.3, -0.25) is 9.59 Å². The molecule has 2 N–H and O–H groups in total. The van der Waals surface area contributed by atoms with Gasteiger partial charge < -0.3 is 19.7 Å². The highest BCUT2D eigenvalue weighted by molar-refractivity contribution is 5.75. The number of rotatable bonds is 8. The van der Waals surface area contributed by atoms with Crippen LogP contribution in [-0.4, -0.2) is 35.4 Å². The van der Waals surface area contributed by atoms with Crippen molar-refractivity contribution in [1.82, 2.24) is 0 Å². The Balaban J connectivity index is 0.000000181. The molecule has 6 nitrogen and oxygen atoms in total. The molecular formula is C24H26F2O6. The van der Waals surface area contributed by atoms with E-state index in [0.717, 1.165) is 11.1 Å². The number of halogens is 2. The van der Waals surface area contributed by atoms with Crippen LogP contribution in [0, 0.1) is 23.5 Å². The van der Waals surface area contributed by atoms with Crippen molar-refractivity contribution in [2.75, 3.05) is 13.2 Å². The fraction of sp³-hybridized carbons (Fsp3) is 0.417. The van der Waals surface area contributed by atoms with Crippen molar-refractivity contribution in [2.45, 2.75) is 38.5 Å². The molecule has 0 radical (unpaired) electrons. The van der Waals surface area contributed by atoms with Crippen LogP contribution in [0.2, 0.25) is 0 Å². The maximum Gasteiger partial charge on any atom is 0.307 e. The van der Waals surface area contributed by atoms with E-state index in [1.54, 1.807) is 38.1 Å². The van der Waals surface area contributed by atoms with Crippen LogP contribution < -0.4 is 9.47 Å². The predicted molar refractivity (Wildman–Crippen MR) is 112 cm³/mol. The van der Waals surface area contributed by atoms with Crippen LogP contribution in [0.3, 0.4) is 0 Å². The number of carbonyl (C=O) groups is 2. The van der Waals surface area contributed by atoms with Crippen molar-refractivity contribution in [2.24, 2.45) is 11.8 Å². The molecule has 32 heavy (non-hydrogen) atoms. The van der Waals surface area contributed by atoms with Gasteiger partial charge in [0.2, 0.25) is 0 Å². The second-order valence-electron chi connectivity index (χ2n) is 7.82. The molecule has 8 heteroatoms. The molecular weight excluding hydrogens is 422 g/mol. The van der Waals surface area contributed by atoms with Gasteiger partial charge in [-0.25, -0.2) is 8.78 Å². The second kappa shape index (κ2) is 9.97. The number of carboxylic acid groups (broad SMARTS) is 2. The summed E-state index contributed by atoms with van der Waals surface area (Å²) in [5, 5.41) is 17.6. The first-order chi connectivity index (χ1) is 15.3. The summed E-state index contributed by atoms with van der Waals surface area (Å²) in [7, 11) is 0. The van der Waals surface area contributed by atoms with Crippen molar-refractivity contribution in [3.63, 3.8) is 0 Å². The zero-order valence-electron chi connectivity index (χ0n) is 17.9. The lowest BCUT2D eigenvalue weighted by atomic mass is 10.1. The monoisotopic (exact) mass is 448 g/mol. The molecule has 0 heterocycles. The quantitative estimate of drug-likeness (QED) is 0.601. The van der Waals surface area contributed by atoms with Gasteiger partial charge in [0.1, 0.15) is 0 Å². The lowest BCUT2D eigenvalue weighted by Gasteiger charge is -2.06. The molecule has 2 aliphatic carbocycles. The van der Waals surface area contributed by atoms with Gasteiger partial charge in [-0.1, -0.05) is 12.1 Å². The minimum absolute atomic E-state index is 0.0114. The smallest absolute Gasteiger partial charge is 0.307 e. The molecule has 0 bridgehead atoms. The minimum Gasteiger partial charge on any atom is -0.491 e. The Morgan fingerprint density at radius 2 is 1.19 bits per heavy atom. The Labute approximate surface area is 184 Å². The normalized spacial score (nSPS) is 22.9. The van der Waals surface area contributed by atoms with E-state index in [0.29, 0.717) is 26.1 Å². The summed E-state index contributed by atoms with van der Waals surface area (Å²) >= 11 is 0. The van der Waals surface area contributed by atoms with Gasteiger partial charge in [0, 0.05) is 0 Å². The van der Waals surface area contributed by atoms with Crippen molar-refractivity contribution >= 4 is 11.9 Å². The molecule has 0 unspecified atom stereocenters. The Morgan fingerprint density at radius 1 is 0.812 bits per heavy atom. The predicted octanol–water partition coefficient (Wildman–Crippen LogP) is 4.83. The second-order valence-corrected chi connectivity index (χ2v) is 7.82. The molecule has 2 aromatic rings. The van der Waals surface area contributed by atoms with Crippen LogP contribution in [0.1, 0.15) is 49.7 Å². The highest BCUT2D eigenvalue weighted by Crippen LogP contribution is 2.49. The molecule has 0 aliphatic heterocycles. The van der Waals surface area contributed by atoms with Crippen LogP contribution in [0.4, 0.5) is 8.78 Å². The lowest BCUT2D eigenvalue weighted by Crippen LogP contribution is -2.00. The molecule has 2 aliphatic rings. The van der Waals surface area contributed by atoms with E-state index < -0.39 is 23.6 Å². The summed E-state index contributed by atoms with van der Waals surface area (Å²) in [5.74, 6) is -2.59. The maximum atomic E-state index is 13.3. The van der Waals surface area contributed by atoms with Gasteiger partial charge in [0.15, 0.2) is 23.1 Å². The lowest BCUT2D eigenvalue weighted by molar-refractivity contribution is -0.139. The third-order valence-electron chi connectivity index (χ3n) is 5.58. The largest absolute Gasteiger partial charge is 0.491 e. The minimum atomic E-state index is -0.785. The van der Waals surface area contributed by atoms with Gasteiger partial charge in [-0.05, 0) is 73.9 Å². The number of ether oxygens (including phenoxy) is 2. The first-order valence-electron chi connectivity index (χ1n) is 10.6. The van der Waals surface area contributed by atoms with Gasteiger partial charge in [-0.2, -0.15) is 0 Å². The highest BCUT2D eigenvalue weighted by Gasteiger charge is 2.45. The van der Waals surface area contributed by atoms with Crippen molar-refractivity contribution in [3.8, 4) is 11.5 Å². The van der Waals surface area contributed by atoms with Crippen molar-refractivity contribution < 1.29 is 38.1 Å². The summed E-state index contributed by atoms with van der Waals surface area (Å²) in [6, 6.07) is 9.13. The Hall–Kier alpha value is -3.16. The average molecular weight is 448 g/mol. The maximum absolute atomic E-state index is 13.3. The van der Waals surface area contributed by atoms with E-state index in [9.17, 15) is 18.4 Å². The van der Waals surface area contributed by atoms with Crippen molar-refractivity contribution in [1.29, 1.82) is 0 Å². The molecule has 4 atom stereocenters. The average Bonchev–Trinajstić information content (AvgIpc) is 3.65. The number of carboxylic acids is 2. The summed E-state index contributed by atoms with van der Waals surface area (Å²) < 4.78 is 36.8. The first-order valence-corrected chi connectivity index (χ1v) is 10.6. The SMILES string of the molecule is CCOc1cc([C@@H]2C[C@H]2C(=O)O)ccc1F.CCOc1cc([C@H]2C[C@@H]2C(=O)O)ccc1F. The molecule has 0 amide bonds. The molecule has 172 valence electrons. The zero-order chi connectivity index (χ0) is 23.4. The van der Waals surface area contributed by atoms with E-state index in [2.05, 4.69) is 0 Å². The van der Waals surface area contributed by atoms with E-state index in [4.69, 9.17) is 19.7 Å². The molecule has 2 aromatic carbocycles. The third kappa shape index (κ3) is 5.55. The van der Waals surface area contributed by atoms with E-state index in [1.165, 1.54) is 12.1 Å². The molecule has 0 aromatic heterocycles. The van der Waals surface area contributed by atoms with E-state index in [1.807, 2.05) is 0 Å². The summed E-state index contributed by atoms with van der Waals surface area (Å²) in [5.41, 5.74) is 1.69. The fourth-order valence-corrected chi connectivity index (χ4v) is 3.71. The fourth-order valence-electron chi connectivity index (χ4n) is 3.71.